The lowest BCUT2D eigenvalue weighted by Crippen LogP contribution is -2.30. The number of hydrogen-bond acceptors (Lipinski definition) is 6. The van der Waals surface area contributed by atoms with Crippen LogP contribution in [0, 0.1) is 0 Å². The summed E-state index contributed by atoms with van der Waals surface area (Å²) in [7, 11) is 0. The molecule has 6 heteroatoms. The maximum absolute atomic E-state index is 12.9. The molecule has 0 aliphatic heterocycles. The third-order valence-corrected chi connectivity index (χ3v) is 15.8. The van der Waals surface area contributed by atoms with Crippen LogP contribution in [0.15, 0.2) is 60.8 Å². The largest absolute Gasteiger partial charge is 0.462 e. The Morgan fingerprint density at radius 1 is 0.263 bits per heavy atom. The fraction of sp³-hybridized carbons (Fsp3) is 0.824. The van der Waals surface area contributed by atoms with Gasteiger partial charge in [-0.2, -0.15) is 0 Å². The van der Waals surface area contributed by atoms with Gasteiger partial charge in [-0.05, 0) is 83.5 Å². The predicted octanol–water partition coefficient (Wildman–Crippen LogP) is 24.3. The molecule has 0 aliphatic carbocycles. The fourth-order valence-electron chi connectivity index (χ4n) is 10.5. The second-order valence-electron chi connectivity index (χ2n) is 23.8. The van der Waals surface area contributed by atoms with Crippen LogP contribution in [0.25, 0.3) is 0 Å². The van der Waals surface area contributed by atoms with Crippen molar-refractivity contribution in [2.75, 3.05) is 13.2 Å². The zero-order valence-corrected chi connectivity index (χ0v) is 53.6. The number of esters is 3. The van der Waals surface area contributed by atoms with E-state index in [1.54, 1.807) is 0 Å². The molecule has 0 bridgehead atoms. The van der Waals surface area contributed by atoms with E-state index in [-0.39, 0.29) is 31.1 Å². The Balaban J connectivity index is 4.24. The normalized spacial score (nSPS) is 12.4. The quantitative estimate of drug-likeness (QED) is 0.0261. The lowest BCUT2D eigenvalue weighted by atomic mass is 10.0. The Kier molecular flexibility index (Phi) is 66.1. The Labute approximate surface area is 498 Å². The second kappa shape index (κ2) is 68.6. The van der Waals surface area contributed by atoms with Crippen molar-refractivity contribution >= 4 is 17.9 Å². The average molecular weight is 1120 g/mol. The lowest BCUT2D eigenvalue weighted by Gasteiger charge is -2.18. The Bertz CT molecular complexity index is 1430. The van der Waals surface area contributed by atoms with Gasteiger partial charge < -0.3 is 14.2 Å². The van der Waals surface area contributed by atoms with Gasteiger partial charge >= 0.3 is 17.9 Å². The van der Waals surface area contributed by atoms with E-state index in [4.69, 9.17) is 14.2 Å². The highest BCUT2D eigenvalue weighted by molar-refractivity contribution is 5.71. The number of carbonyl (C=O) groups excluding carboxylic acids is 3. The van der Waals surface area contributed by atoms with Crippen LogP contribution in [0.3, 0.4) is 0 Å². The topological polar surface area (TPSA) is 78.9 Å². The van der Waals surface area contributed by atoms with E-state index in [0.29, 0.717) is 19.3 Å². The first kappa shape index (κ1) is 77.1. The monoisotopic (exact) mass is 1120 g/mol. The molecule has 1 atom stereocenters. The second-order valence-corrected chi connectivity index (χ2v) is 23.8. The molecule has 80 heavy (non-hydrogen) atoms. The SMILES string of the molecule is CC/C=C\C/C=C\C/C=C\C/C=C\CCCCCCCCCCCCC(=O)OC(COC(=O)CCCCCCC/C=C\CCCCCC)COC(=O)CCCCCCCCCCCCCCCCCCCCCCCCCCCC. The number of rotatable bonds is 65. The molecule has 0 saturated carbocycles. The van der Waals surface area contributed by atoms with E-state index in [2.05, 4.69) is 81.5 Å². The molecule has 6 nitrogen and oxygen atoms in total. The summed E-state index contributed by atoms with van der Waals surface area (Å²) in [5, 5.41) is 0. The van der Waals surface area contributed by atoms with Gasteiger partial charge in [-0.15, -0.1) is 0 Å². The van der Waals surface area contributed by atoms with Crippen LogP contribution in [0.1, 0.15) is 374 Å². The molecule has 0 fully saturated rings. The Morgan fingerprint density at radius 3 is 0.787 bits per heavy atom. The van der Waals surface area contributed by atoms with Crippen molar-refractivity contribution in [3.8, 4) is 0 Å². The van der Waals surface area contributed by atoms with Crippen LogP contribution >= 0.6 is 0 Å². The van der Waals surface area contributed by atoms with Crippen molar-refractivity contribution in [1.82, 2.24) is 0 Å². The van der Waals surface area contributed by atoms with Crippen molar-refractivity contribution < 1.29 is 28.6 Å². The summed E-state index contributed by atoms with van der Waals surface area (Å²) >= 11 is 0. The third-order valence-electron chi connectivity index (χ3n) is 15.8. The van der Waals surface area contributed by atoms with Crippen LogP contribution in [0.5, 0.6) is 0 Å². The molecule has 0 aliphatic rings. The summed E-state index contributed by atoms with van der Waals surface area (Å²) in [5.41, 5.74) is 0. The highest BCUT2D eigenvalue weighted by Crippen LogP contribution is 2.18. The summed E-state index contributed by atoms with van der Waals surface area (Å²) in [6.45, 7) is 6.57. The van der Waals surface area contributed by atoms with E-state index in [9.17, 15) is 14.4 Å². The van der Waals surface area contributed by atoms with Crippen LogP contribution in [-0.2, 0) is 28.6 Å². The summed E-state index contributed by atoms with van der Waals surface area (Å²) in [5.74, 6) is -0.865. The molecule has 0 aromatic heterocycles. The minimum atomic E-state index is -0.780. The van der Waals surface area contributed by atoms with Crippen LogP contribution in [0.4, 0.5) is 0 Å². The molecule has 0 rings (SSSR count). The van der Waals surface area contributed by atoms with Crippen LogP contribution in [-0.4, -0.2) is 37.2 Å². The maximum Gasteiger partial charge on any atom is 0.306 e. The van der Waals surface area contributed by atoms with Crippen molar-refractivity contribution in [1.29, 1.82) is 0 Å². The molecular weight excluding hydrogens is 985 g/mol. The van der Waals surface area contributed by atoms with Gasteiger partial charge in [0.1, 0.15) is 13.2 Å². The molecule has 0 aromatic carbocycles. The van der Waals surface area contributed by atoms with E-state index >= 15 is 0 Å². The van der Waals surface area contributed by atoms with Crippen molar-refractivity contribution in [2.45, 2.75) is 380 Å². The third kappa shape index (κ3) is 65.9. The standard InChI is InChI=1S/C74H134O6/c1-4-7-10-13-16-19-22-25-27-29-31-33-35-36-37-39-40-42-44-46-49-52-55-58-61-64-67-73(76)79-70-71(69-78-72(75)66-63-60-57-54-51-48-24-21-18-15-12-9-6-3)80-74(77)68-65-62-59-56-53-50-47-45-43-41-38-34-32-30-28-26-23-20-17-14-11-8-5-2/h8,11,17,20-21,24,26,28,32,34,71H,4-7,9-10,12-16,18-19,22-23,25,27,29-31,33,35-70H2,1-3H3/b11-8-,20-17-,24-21-,28-26-,34-32-. The molecular formula is C74H134O6. The number of carbonyl (C=O) groups is 3. The Hall–Kier alpha value is -2.89. The molecule has 0 heterocycles. The number of ether oxygens (including phenoxy) is 3. The van der Waals surface area contributed by atoms with Gasteiger partial charge in [0.15, 0.2) is 6.10 Å². The molecule has 0 N–H and O–H groups in total. The smallest absolute Gasteiger partial charge is 0.306 e. The highest BCUT2D eigenvalue weighted by atomic mass is 16.6. The van der Waals surface area contributed by atoms with Gasteiger partial charge in [-0.25, -0.2) is 0 Å². The minimum Gasteiger partial charge on any atom is -0.462 e. The molecule has 1 unspecified atom stereocenters. The lowest BCUT2D eigenvalue weighted by molar-refractivity contribution is -0.167. The predicted molar refractivity (Wildman–Crippen MR) is 348 cm³/mol. The van der Waals surface area contributed by atoms with E-state index in [1.165, 1.54) is 244 Å². The highest BCUT2D eigenvalue weighted by Gasteiger charge is 2.19. The zero-order chi connectivity index (χ0) is 57.8. The Morgan fingerprint density at radius 2 is 0.487 bits per heavy atom. The van der Waals surface area contributed by atoms with Crippen LogP contribution in [0.2, 0.25) is 0 Å². The molecule has 466 valence electrons. The fourth-order valence-corrected chi connectivity index (χ4v) is 10.5. The van der Waals surface area contributed by atoms with Gasteiger partial charge in [0, 0.05) is 19.3 Å². The van der Waals surface area contributed by atoms with Gasteiger partial charge in [0.25, 0.3) is 0 Å². The van der Waals surface area contributed by atoms with Crippen molar-refractivity contribution in [2.24, 2.45) is 0 Å². The molecule has 0 saturated heterocycles. The number of hydrogen-bond donors (Lipinski definition) is 0. The first-order chi connectivity index (χ1) is 39.5. The van der Waals surface area contributed by atoms with Crippen molar-refractivity contribution in [3.05, 3.63) is 60.8 Å². The van der Waals surface area contributed by atoms with Crippen molar-refractivity contribution in [3.63, 3.8) is 0 Å². The average Bonchev–Trinajstić information content (AvgIpc) is 3.46. The van der Waals surface area contributed by atoms with Gasteiger partial charge in [-0.3, -0.25) is 14.4 Å². The van der Waals surface area contributed by atoms with E-state index in [1.807, 2.05) is 0 Å². The molecule has 0 radical (unpaired) electrons. The molecule has 0 amide bonds. The van der Waals surface area contributed by atoms with Gasteiger partial charge in [-0.1, -0.05) is 332 Å². The molecule has 0 spiro atoms. The minimum absolute atomic E-state index is 0.0745. The van der Waals surface area contributed by atoms with E-state index < -0.39 is 6.10 Å². The van der Waals surface area contributed by atoms with Crippen LogP contribution < -0.4 is 0 Å². The first-order valence-electron chi connectivity index (χ1n) is 35.3. The zero-order valence-electron chi connectivity index (χ0n) is 53.6. The van der Waals surface area contributed by atoms with Gasteiger partial charge in [0.05, 0.1) is 0 Å². The number of unbranched alkanes of at least 4 members (excludes halogenated alkanes) is 44. The van der Waals surface area contributed by atoms with E-state index in [0.717, 1.165) is 89.9 Å². The van der Waals surface area contributed by atoms with Gasteiger partial charge in [0.2, 0.25) is 0 Å². The first-order valence-corrected chi connectivity index (χ1v) is 35.3. The summed E-state index contributed by atoms with van der Waals surface area (Å²) in [6, 6.07) is 0. The summed E-state index contributed by atoms with van der Waals surface area (Å²) < 4.78 is 17.0. The summed E-state index contributed by atoms with van der Waals surface area (Å²) in [4.78, 5) is 38.4. The number of allylic oxidation sites excluding steroid dienone is 10. The maximum atomic E-state index is 12.9. The molecule has 0 aromatic rings. The summed E-state index contributed by atoms with van der Waals surface area (Å²) in [6.07, 6.45) is 88.2.